The Bertz CT molecular complexity index is 5530. The van der Waals surface area contributed by atoms with Gasteiger partial charge >= 0.3 is 0 Å². The second-order valence-corrected chi connectivity index (χ2v) is 22.6. The lowest BCUT2D eigenvalue weighted by atomic mass is 9.98. The predicted octanol–water partition coefficient (Wildman–Crippen LogP) is 19.5. The van der Waals surface area contributed by atoms with Crippen LogP contribution in [0.15, 0.2) is 291 Å². The van der Waals surface area contributed by atoms with Crippen molar-refractivity contribution in [3.8, 4) is 136 Å². The molecule has 16 rings (SSSR count). The highest BCUT2D eigenvalue weighted by Crippen LogP contribution is 2.39. The summed E-state index contributed by atoms with van der Waals surface area (Å²) in [4.78, 5) is 42.4. The number of para-hydroxylation sites is 2. The minimum atomic E-state index is 0.412. The smallest absolute Gasteiger partial charge is 0.181 e. The van der Waals surface area contributed by atoms with Gasteiger partial charge in [0.15, 0.2) is 11.6 Å². The van der Waals surface area contributed by atoms with Crippen LogP contribution in [-0.2, 0) is 0 Å². The molecule has 0 saturated carbocycles. The largest absolute Gasteiger partial charge is 0.244 e. The van der Waals surface area contributed by atoms with Gasteiger partial charge in [0.2, 0.25) is 0 Å². The summed E-state index contributed by atoms with van der Waals surface area (Å²) in [5.41, 5.74) is 20.7. The molecular weight excluding hydrogens is 1120 g/mol. The van der Waals surface area contributed by atoms with Crippen LogP contribution in [0.2, 0.25) is 0 Å². The van der Waals surface area contributed by atoms with E-state index in [1.54, 1.807) is 24.3 Å². The lowest BCUT2D eigenvalue weighted by Gasteiger charge is -2.14. The van der Waals surface area contributed by atoms with Crippen LogP contribution in [0, 0.1) is 22.7 Å². The SMILES string of the molecule is N#Cc1ccc(-c2nc3ccccc3nc2-c2nc(-c3ccc4ccccc4c3)cc(-c3ccc4cc(-c5ccc6nc(-c7ccc(C#N)cc7)c(-c7nc(-c8ccc(-c9ccccc9)cc8)cc(-c8ccc(-c9ccccc9)cc8)n7)nc6c5)ccc4c3)n2)cc1. The molecule has 92 heavy (non-hydrogen) atoms. The van der Waals surface area contributed by atoms with Crippen LogP contribution >= 0.6 is 0 Å². The molecule has 4 aromatic heterocycles. The molecule has 10 nitrogen and oxygen atoms in total. The van der Waals surface area contributed by atoms with Crippen LogP contribution in [0.3, 0.4) is 0 Å². The van der Waals surface area contributed by atoms with Crippen LogP contribution in [0.25, 0.3) is 168 Å². The molecule has 0 bridgehead atoms. The second kappa shape index (κ2) is 23.3. The molecule has 0 spiro atoms. The van der Waals surface area contributed by atoms with E-state index in [1.165, 1.54) is 0 Å². The molecule has 426 valence electrons. The van der Waals surface area contributed by atoms with Crippen LogP contribution in [0.5, 0.6) is 0 Å². The monoisotopic (exact) mass is 1170 g/mol. The highest BCUT2D eigenvalue weighted by molar-refractivity contribution is 5.95. The average molecular weight is 1170 g/mol. The lowest BCUT2D eigenvalue weighted by Crippen LogP contribution is -2.02. The summed E-state index contributed by atoms with van der Waals surface area (Å²) in [6, 6.07) is 103. The Morgan fingerprint density at radius 2 is 0.511 bits per heavy atom. The van der Waals surface area contributed by atoms with E-state index in [0.29, 0.717) is 62.1 Å². The fourth-order valence-corrected chi connectivity index (χ4v) is 11.9. The van der Waals surface area contributed by atoms with Gasteiger partial charge in [-0.3, -0.25) is 0 Å². The number of nitriles is 2. The number of benzene rings is 12. The molecule has 0 aliphatic heterocycles. The Labute approximate surface area is 529 Å². The molecular formula is C82H48N10. The van der Waals surface area contributed by atoms with Crippen molar-refractivity contribution in [1.29, 1.82) is 10.5 Å². The summed E-state index contributed by atoms with van der Waals surface area (Å²) in [7, 11) is 0. The van der Waals surface area contributed by atoms with Crippen molar-refractivity contribution in [2.75, 3.05) is 0 Å². The third kappa shape index (κ3) is 10.6. The van der Waals surface area contributed by atoms with Gasteiger partial charge in [-0.2, -0.15) is 10.5 Å². The van der Waals surface area contributed by atoms with E-state index in [1.807, 2.05) is 115 Å². The zero-order chi connectivity index (χ0) is 61.5. The number of fused-ring (bicyclic) bond motifs is 4. The van der Waals surface area contributed by atoms with Gasteiger partial charge in [0, 0.05) is 33.4 Å². The van der Waals surface area contributed by atoms with Crippen molar-refractivity contribution in [3.05, 3.63) is 302 Å². The van der Waals surface area contributed by atoms with E-state index in [4.69, 9.17) is 39.9 Å². The van der Waals surface area contributed by atoms with Crippen molar-refractivity contribution < 1.29 is 0 Å². The molecule has 12 aromatic carbocycles. The fraction of sp³-hybridized carbons (Fsp3) is 0. The van der Waals surface area contributed by atoms with Gasteiger partial charge in [-0.15, -0.1) is 0 Å². The van der Waals surface area contributed by atoms with Crippen LogP contribution in [0.4, 0.5) is 0 Å². The summed E-state index contributed by atoms with van der Waals surface area (Å²) < 4.78 is 0. The molecule has 0 unspecified atom stereocenters. The minimum absolute atomic E-state index is 0.412. The predicted molar refractivity (Wildman–Crippen MR) is 368 cm³/mol. The highest BCUT2D eigenvalue weighted by Gasteiger charge is 2.22. The van der Waals surface area contributed by atoms with Crippen molar-refractivity contribution in [2.24, 2.45) is 0 Å². The van der Waals surface area contributed by atoms with Gasteiger partial charge in [-0.05, 0) is 134 Å². The molecule has 10 heteroatoms. The molecule has 0 N–H and O–H groups in total. The third-order valence-electron chi connectivity index (χ3n) is 16.8. The maximum absolute atomic E-state index is 9.83. The summed E-state index contributed by atoms with van der Waals surface area (Å²) in [6.07, 6.45) is 0. The maximum atomic E-state index is 9.83. The first-order chi connectivity index (χ1) is 45.4. The Morgan fingerprint density at radius 3 is 1.00 bits per heavy atom. The van der Waals surface area contributed by atoms with E-state index in [0.717, 1.165) is 117 Å². The molecule has 0 amide bonds. The molecule has 0 aliphatic carbocycles. The molecule has 0 fully saturated rings. The number of hydrogen-bond donors (Lipinski definition) is 0. The summed E-state index contributed by atoms with van der Waals surface area (Å²) in [6.45, 7) is 0. The van der Waals surface area contributed by atoms with Crippen molar-refractivity contribution >= 4 is 43.6 Å². The molecule has 16 aromatic rings. The van der Waals surface area contributed by atoms with Gasteiger partial charge in [0.05, 0.1) is 68.1 Å². The first kappa shape index (κ1) is 54.4. The zero-order valence-corrected chi connectivity index (χ0v) is 49.2. The lowest BCUT2D eigenvalue weighted by molar-refractivity contribution is 1.14. The summed E-state index contributed by atoms with van der Waals surface area (Å²) in [5, 5.41) is 23.8. The van der Waals surface area contributed by atoms with Gasteiger partial charge in [0.1, 0.15) is 22.8 Å². The van der Waals surface area contributed by atoms with E-state index < -0.39 is 0 Å². The third-order valence-corrected chi connectivity index (χ3v) is 16.8. The molecule has 0 radical (unpaired) electrons. The maximum Gasteiger partial charge on any atom is 0.181 e. The molecule has 0 atom stereocenters. The van der Waals surface area contributed by atoms with E-state index in [2.05, 4.69) is 164 Å². The molecule has 4 heterocycles. The van der Waals surface area contributed by atoms with Crippen LogP contribution in [-0.4, -0.2) is 39.9 Å². The van der Waals surface area contributed by atoms with Crippen molar-refractivity contribution in [1.82, 2.24) is 39.9 Å². The van der Waals surface area contributed by atoms with Crippen molar-refractivity contribution in [3.63, 3.8) is 0 Å². The van der Waals surface area contributed by atoms with Gasteiger partial charge in [-0.1, -0.05) is 212 Å². The van der Waals surface area contributed by atoms with Crippen molar-refractivity contribution in [2.45, 2.75) is 0 Å². The quantitative estimate of drug-likeness (QED) is 0.122. The second-order valence-electron chi connectivity index (χ2n) is 22.6. The van der Waals surface area contributed by atoms with E-state index in [9.17, 15) is 10.5 Å². The zero-order valence-electron chi connectivity index (χ0n) is 49.2. The number of aromatic nitrogens is 8. The number of nitrogens with zero attached hydrogens (tertiary/aromatic N) is 10. The minimum Gasteiger partial charge on any atom is -0.244 e. The number of rotatable bonds is 11. The Morgan fingerprint density at radius 1 is 0.196 bits per heavy atom. The first-order valence-electron chi connectivity index (χ1n) is 30.1. The average Bonchev–Trinajstić information content (AvgIpc) is 0.830. The number of hydrogen-bond acceptors (Lipinski definition) is 10. The Kier molecular flexibility index (Phi) is 13.7. The Hall–Kier alpha value is -13.0. The van der Waals surface area contributed by atoms with Gasteiger partial charge in [0.25, 0.3) is 0 Å². The van der Waals surface area contributed by atoms with Gasteiger partial charge in [-0.25, -0.2) is 39.9 Å². The fourth-order valence-electron chi connectivity index (χ4n) is 11.9. The standard InChI is InChI=1S/C82H48N10/c83-49-51-19-23-60(24-20-51)77-79(87-70-18-10-9-17-69(70)85-77)81-91-74(67-39-31-55-15-7-8-16-62(55)44-67)48-75(92-81)68-40-38-63-43-64(36-37-65(63)45-68)66-41-42-71-76(46-66)88-80(78(86-71)61-25-21-52(50-84)22-26-61)82-89-72(58-32-27-56(28-33-58)53-11-3-1-4-12-53)47-73(90-82)59-34-29-57(30-35-59)54-13-5-2-6-14-54/h1-48H. The van der Waals surface area contributed by atoms with Gasteiger partial charge < -0.3 is 0 Å². The molecule has 0 aliphatic rings. The topological polar surface area (TPSA) is 151 Å². The summed E-state index contributed by atoms with van der Waals surface area (Å²) >= 11 is 0. The van der Waals surface area contributed by atoms with Crippen LogP contribution in [0.1, 0.15) is 11.1 Å². The summed E-state index contributed by atoms with van der Waals surface area (Å²) in [5.74, 6) is 0.835. The normalized spacial score (nSPS) is 11.2. The van der Waals surface area contributed by atoms with E-state index >= 15 is 0 Å². The highest BCUT2D eigenvalue weighted by atomic mass is 15.0. The Balaban J connectivity index is 0.801. The molecule has 0 saturated heterocycles. The van der Waals surface area contributed by atoms with E-state index in [-0.39, 0.29) is 0 Å². The van der Waals surface area contributed by atoms with Crippen LogP contribution < -0.4 is 0 Å². The first-order valence-corrected chi connectivity index (χ1v) is 30.1.